The molecule has 21 heavy (non-hydrogen) atoms. The van der Waals surface area contributed by atoms with Gasteiger partial charge in [-0.2, -0.15) is 0 Å². The number of hydrogen-bond acceptors (Lipinski definition) is 5. The van der Waals surface area contributed by atoms with E-state index in [2.05, 4.69) is 0 Å². The van der Waals surface area contributed by atoms with Gasteiger partial charge >= 0.3 is 7.12 Å². The molecule has 8 heteroatoms. The minimum atomic E-state index is -0.822. The molecule has 0 spiro atoms. The fourth-order valence-corrected chi connectivity index (χ4v) is 2.38. The molecule has 1 aromatic carbocycles. The number of methoxy groups -OCH3 is 1. The molecule has 0 aliphatic carbocycles. The van der Waals surface area contributed by atoms with Crippen LogP contribution < -0.4 is 10.2 Å². The molecule has 1 aromatic rings. The topological polar surface area (TPSA) is 70.8 Å². The summed E-state index contributed by atoms with van der Waals surface area (Å²) in [5.74, 6) is 0.393. The van der Waals surface area contributed by atoms with Crippen LogP contribution in [0.4, 0.5) is 5.69 Å². The van der Waals surface area contributed by atoms with Crippen LogP contribution in [0, 0.1) is 10.1 Å². The van der Waals surface area contributed by atoms with Crippen LogP contribution in [0.25, 0.3) is 0 Å². The summed E-state index contributed by atoms with van der Waals surface area (Å²) in [5, 5.41) is 11.0. The largest absolute Gasteiger partial charge is 0.500 e. The summed E-state index contributed by atoms with van der Waals surface area (Å²) in [7, 11) is 0.643. The molecule has 0 atom stereocenters. The van der Waals surface area contributed by atoms with E-state index in [4.69, 9.17) is 25.6 Å². The van der Waals surface area contributed by atoms with E-state index in [9.17, 15) is 10.1 Å². The van der Waals surface area contributed by atoms with E-state index in [1.54, 1.807) is 0 Å². The highest BCUT2D eigenvalue weighted by molar-refractivity contribution is 6.67. The number of nitro groups is 1. The Hall–Kier alpha value is -1.31. The van der Waals surface area contributed by atoms with Gasteiger partial charge in [-0.25, -0.2) is 0 Å². The molecule has 0 unspecified atom stereocenters. The molecular weight excluding hydrogens is 296 g/mol. The van der Waals surface area contributed by atoms with Crippen LogP contribution in [0.1, 0.15) is 27.7 Å². The Morgan fingerprint density at radius 2 is 1.76 bits per heavy atom. The molecule has 0 bridgehead atoms. The number of nitrogens with zero attached hydrogens (tertiary/aromatic N) is 1. The normalized spacial score (nSPS) is 19.6. The summed E-state index contributed by atoms with van der Waals surface area (Å²) >= 11 is 6.17. The van der Waals surface area contributed by atoms with Gasteiger partial charge in [-0.15, -0.1) is 0 Å². The van der Waals surface area contributed by atoms with Crippen molar-refractivity contribution in [3.63, 3.8) is 0 Å². The van der Waals surface area contributed by atoms with Crippen LogP contribution >= 0.6 is 11.6 Å². The highest BCUT2D eigenvalue weighted by Gasteiger charge is 2.53. The molecule has 2 rings (SSSR count). The van der Waals surface area contributed by atoms with E-state index in [1.807, 2.05) is 27.7 Å². The molecule has 0 amide bonds. The summed E-state index contributed by atoms with van der Waals surface area (Å²) in [6.45, 7) is 7.57. The van der Waals surface area contributed by atoms with Crippen LogP contribution in [0.3, 0.4) is 0 Å². The van der Waals surface area contributed by atoms with Crippen molar-refractivity contribution in [1.29, 1.82) is 0 Å². The lowest BCUT2D eigenvalue weighted by molar-refractivity contribution is -0.384. The molecule has 6 nitrogen and oxygen atoms in total. The lowest BCUT2D eigenvalue weighted by atomic mass is 9.78. The molecule has 0 saturated carbocycles. The number of benzene rings is 1. The quantitative estimate of drug-likeness (QED) is 0.487. The predicted octanol–water partition coefficient (Wildman–Crippen LogP) is 2.56. The average Bonchev–Trinajstić information content (AvgIpc) is 2.56. The van der Waals surface area contributed by atoms with Crippen molar-refractivity contribution in [1.82, 2.24) is 0 Å². The molecule has 0 radical (unpaired) electrons. The highest BCUT2D eigenvalue weighted by atomic mass is 35.5. The molecule has 1 aliphatic heterocycles. The number of nitro benzene ring substituents is 1. The molecule has 114 valence electrons. The summed E-state index contributed by atoms with van der Waals surface area (Å²) in [6.07, 6.45) is 0. The number of halogens is 1. The van der Waals surface area contributed by atoms with E-state index in [-0.39, 0.29) is 10.7 Å². The lowest BCUT2D eigenvalue weighted by Gasteiger charge is -2.32. The fraction of sp³-hybridized carbons (Fsp3) is 0.538. The Morgan fingerprint density at radius 3 is 2.19 bits per heavy atom. The summed E-state index contributed by atoms with van der Waals surface area (Å²) in [6, 6.07) is 2.79. The summed E-state index contributed by atoms with van der Waals surface area (Å²) in [4.78, 5) is 10.5. The second kappa shape index (κ2) is 5.16. The first-order valence-corrected chi connectivity index (χ1v) is 6.85. The zero-order valence-corrected chi connectivity index (χ0v) is 13.4. The first kappa shape index (κ1) is 16.1. The number of hydrogen-bond donors (Lipinski definition) is 0. The van der Waals surface area contributed by atoms with Gasteiger partial charge in [-0.1, -0.05) is 11.6 Å². The zero-order chi connectivity index (χ0) is 16.0. The molecule has 1 fully saturated rings. The molecule has 1 aliphatic rings. The van der Waals surface area contributed by atoms with E-state index in [0.29, 0.717) is 11.2 Å². The Labute approximate surface area is 128 Å². The van der Waals surface area contributed by atoms with Crippen molar-refractivity contribution < 1.29 is 19.0 Å². The van der Waals surface area contributed by atoms with Crippen molar-refractivity contribution in [3.05, 3.63) is 27.3 Å². The van der Waals surface area contributed by atoms with Crippen LogP contribution in [0.5, 0.6) is 5.75 Å². The number of rotatable bonds is 3. The zero-order valence-electron chi connectivity index (χ0n) is 12.6. The van der Waals surface area contributed by atoms with Crippen LogP contribution in [-0.4, -0.2) is 30.4 Å². The Morgan fingerprint density at radius 1 is 1.24 bits per heavy atom. The minimum absolute atomic E-state index is 0.0298. The van der Waals surface area contributed by atoms with Gasteiger partial charge in [0.05, 0.1) is 28.7 Å². The van der Waals surface area contributed by atoms with Crippen LogP contribution in [0.2, 0.25) is 5.02 Å². The van der Waals surface area contributed by atoms with Gasteiger partial charge in [0.25, 0.3) is 5.69 Å². The maximum atomic E-state index is 11.0. The monoisotopic (exact) mass is 313 g/mol. The third-order valence-electron chi connectivity index (χ3n) is 4.02. The standard InChI is InChI=1S/C13H17BClNO5/c1-12(2)13(3,4)21-14(20-12)10-9(19-5)7-6-8(11(10)15)16(17)18/h6-7H,1-5H3. The van der Waals surface area contributed by atoms with Gasteiger partial charge < -0.3 is 14.0 Å². The van der Waals surface area contributed by atoms with Crippen molar-refractivity contribution in [2.75, 3.05) is 7.11 Å². The van der Waals surface area contributed by atoms with Crippen molar-refractivity contribution in [2.45, 2.75) is 38.9 Å². The van der Waals surface area contributed by atoms with Gasteiger partial charge in [-0.3, -0.25) is 10.1 Å². The van der Waals surface area contributed by atoms with Gasteiger partial charge in [0.1, 0.15) is 10.8 Å². The van der Waals surface area contributed by atoms with Crippen molar-refractivity contribution in [3.8, 4) is 5.75 Å². The molecule has 1 heterocycles. The van der Waals surface area contributed by atoms with E-state index < -0.39 is 23.2 Å². The summed E-state index contributed by atoms with van der Waals surface area (Å²) < 4.78 is 17.0. The van der Waals surface area contributed by atoms with E-state index in [0.717, 1.165) is 0 Å². The molecule has 1 saturated heterocycles. The van der Waals surface area contributed by atoms with Crippen molar-refractivity contribution in [2.24, 2.45) is 0 Å². The molecule has 0 aromatic heterocycles. The first-order chi connectivity index (χ1) is 9.60. The van der Waals surface area contributed by atoms with Crippen LogP contribution in [0.15, 0.2) is 12.1 Å². The minimum Gasteiger partial charge on any atom is -0.497 e. The molecular formula is C13H17BClNO5. The lowest BCUT2D eigenvalue weighted by Crippen LogP contribution is -2.41. The second-order valence-electron chi connectivity index (χ2n) is 5.86. The van der Waals surface area contributed by atoms with Gasteiger partial charge in [0.15, 0.2) is 0 Å². The van der Waals surface area contributed by atoms with E-state index >= 15 is 0 Å². The fourth-order valence-electron chi connectivity index (χ4n) is 2.06. The maximum Gasteiger partial charge on any atom is 0.500 e. The van der Waals surface area contributed by atoms with Crippen LogP contribution in [-0.2, 0) is 9.31 Å². The second-order valence-corrected chi connectivity index (χ2v) is 6.24. The summed E-state index contributed by atoms with van der Waals surface area (Å²) in [5.41, 5.74) is -1.01. The highest BCUT2D eigenvalue weighted by Crippen LogP contribution is 2.39. The SMILES string of the molecule is COc1ccc([N+](=O)[O-])c(Cl)c1B1OC(C)(C)C(C)(C)O1. The Balaban J connectivity index is 2.54. The Kier molecular flexibility index (Phi) is 3.95. The third-order valence-corrected chi connectivity index (χ3v) is 4.42. The molecule has 0 N–H and O–H groups in total. The number of ether oxygens (including phenoxy) is 1. The smallest absolute Gasteiger partial charge is 0.497 e. The van der Waals surface area contributed by atoms with E-state index in [1.165, 1.54) is 19.2 Å². The van der Waals surface area contributed by atoms with Gasteiger partial charge in [0, 0.05) is 6.07 Å². The Bertz CT molecular complexity index is 574. The van der Waals surface area contributed by atoms with Gasteiger partial charge in [-0.05, 0) is 33.8 Å². The van der Waals surface area contributed by atoms with Gasteiger partial charge in [0.2, 0.25) is 0 Å². The predicted molar refractivity (Wildman–Crippen MR) is 80.4 cm³/mol. The van der Waals surface area contributed by atoms with Crippen molar-refractivity contribution >= 4 is 29.9 Å². The first-order valence-electron chi connectivity index (χ1n) is 6.47. The maximum absolute atomic E-state index is 11.0. The third kappa shape index (κ3) is 2.61. The average molecular weight is 314 g/mol.